The molecule has 7 fully saturated rings. The molecule has 2 aliphatic carbocycles. The van der Waals surface area contributed by atoms with Gasteiger partial charge in [0.15, 0.2) is 5.82 Å². The minimum atomic E-state index is -0.662. The standard InChI is InChI=1S/C54H62F2N8O5/c1-2-38-42(55)7-4-34-24-37(65)25-40(45(34)38)47-46(56)48-41(29-58-47)49(64-18-3-12-54(31-64)17-23-69-54)61-51(60-48)68-32-53(13-14-53)30-62-21-15-52(16-22-62)26-36(27-52)63-19-10-33(11-20-63)43-8-5-35(28-57-43)39-6-9-44(66)59-50(39)67/h4-5,7-8,24-25,28-29,33,36,39,65H,2-3,6,9-23,26-27,30-32H2,1H3,(H,59,66,67)/t39?,54-/m0/s1. The summed E-state index contributed by atoms with van der Waals surface area (Å²) in [5.74, 6) is -0.813. The Hall–Kier alpha value is -5.38. The van der Waals surface area contributed by atoms with Crippen molar-refractivity contribution in [3.05, 3.63) is 77.2 Å². The summed E-state index contributed by atoms with van der Waals surface area (Å²) >= 11 is 0. The Morgan fingerprint density at radius 2 is 1.72 bits per heavy atom. The van der Waals surface area contributed by atoms with Crippen molar-refractivity contribution in [3.63, 3.8) is 0 Å². The van der Waals surface area contributed by atoms with Crippen molar-refractivity contribution in [2.45, 2.75) is 120 Å². The van der Waals surface area contributed by atoms with E-state index < -0.39 is 5.82 Å². The molecule has 2 amide bonds. The number of nitrogens with zero attached hydrogens (tertiary/aromatic N) is 7. The average molecular weight is 941 g/mol. The van der Waals surface area contributed by atoms with Gasteiger partial charge in [-0.25, -0.2) is 8.78 Å². The second kappa shape index (κ2) is 17.5. The van der Waals surface area contributed by atoms with Crippen LogP contribution in [0.4, 0.5) is 14.6 Å². The van der Waals surface area contributed by atoms with Crippen LogP contribution >= 0.6 is 0 Å². The third-order valence-electron chi connectivity index (χ3n) is 17.4. The Labute approximate surface area is 401 Å². The lowest BCUT2D eigenvalue weighted by molar-refractivity contribution is -0.151. The molecule has 3 aromatic heterocycles. The highest BCUT2D eigenvalue weighted by atomic mass is 19.1. The number of fused-ring (bicyclic) bond motifs is 2. The number of piperidine rings is 4. The van der Waals surface area contributed by atoms with Gasteiger partial charge in [0.2, 0.25) is 11.8 Å². The first-order chi connectivity index (χ1) is 33.5. The van der Waals surface area contributed by atoms with E-state index in [1.54, 1.807) is 18.3 Å². The number of carbonyl (C=O) groups is 2. The van der Waals surface area contributed by atoms with Gasteiger partial charge in [-0.1, -0.05) is 19.1 Å². The van der Waals surface area contributed by atoms with Crippen molar-refractivity contribution >= 4 is 39.3 Å². The van der Waals surface area contributed by atoms with Gasteiger partial charge >= 0.3 is 6.01 Å². The molecule has 5 saturated heterocycles. The smallest absolute Gasteiger partial charge is 0.319 e. The van der Waals surface area contributed by atoms with Crippen molar-refractivity contribution in [3.8, 4) is 23.0 Å². The van der Waals surface area contributed by atoms with E-state index >= 15 is 8.78 Å². The van der Waals surface area contributed by atoms with Gasteiger partial charge in [-0.3, -0.25) is 24.9 Å². The number of hydrogen-bond acceptors (Lipinski definition) is 12. The van der Waals surface area contributed by atoms with E-state index in [-0.39, 0.29) is 57.5 Å². The van der Waals surface area contributed by atoms with Crippen LogP contribution in [0.15, 0.2) is 48.8 Å². The van der Waals surface area contributed by atoms with E-state index in [2.05, 4.69) is 31.1 Å². The zero-order valence-corrected chi connectivity index (χ0v) is 39.6. The monoisotopic (exact) mass is 940 g/mol. The summed E-state index contributed by atoms with van der Waals surface area (Å²) in [4.78, 5) is 50.7. The fraction of sp³-hybridized carbons (Fsp3) is 0.556. The SMILES string of the molecule is CCc1c(F)ccc2cc(O)cc(-c3ncc4c(N5CCC[C@]6(CCO6)C5)nc(OCC5(CN6CCC7(CC6)CC(N6CCC(c8ccc(C9CCC(=O)NC9=O)cn8)CC6)C7)CC5)nc4c3F)c12. The summed E-state index contributed by atoms with van der Waals surface area (Å²) in [5, 5.41) is 14.8. The average Bonchev–Trinajstić information content (AvgIpc) is 4.11. The number of aromatic nitrogens is 4. The lowest BCUT2D eigenvalue weighted by atomic mass is 9.59. The zero-order valence-electron chi connectivity index (χ0n) is 39.6. The van der Waals surface area contributed by atoms with Crippen LogP contribution < -0.4 is 15.0 Å². The van der Waals surface area contributed by atoms with Crippen molar-refractivity contribution in [2.75, 3.05) is 63.9 Å². The second-order valence-electron chi connectivity index (χ2n) is 21.7. The second-order valence-corrected chi connectivity index (χ2v) is 21.7. The summed E-state index contributed by atoms with van der Waals surface area (Å²) in [6, 6.07) is 10.9. The van der Waals surface area contributed by atoms with Crippen LogP contribution in [0.5, 0.6) is 11.8 Å². The Balaban J connectivity index is 0.694. The van der Waals surface area contributed by atoms with Gasteiger partial charge in [-0.15, -0.1) is 0 Å². The van der Waals surface area contributed by atoms with Crippen LogP contribution in [0.2, 0.25) is 0 Å². The Morgan fingerprint density at radius 3 is 2.43 bits per heavy atom. The van der Waals surface area contributed by atoms with Crippen molar-refractivity contribution < 1.29 is 33.0 Å². The molecule has 1 unspecified atom stereocenters. The van der Waals surface area contributed by atoms with Crippen LogP contribution in [-0.2, 0) is 20.7 Å². The molecule has 13 nitrogen and oxygen atoms in total. The molecule has 5 aromatic rings. The lowest BCUT2D eigenvalue weighted by Crippen LogP contribution is -2.56. The van der Waals surface area contributed by atoms with Gasteiger partial charge in [0, 0.05) is 73.5 Å². The van der Waals surface area contributed by atoms with Gasteiger partial charge < -0.3 is 29.3 Å². The number of imide groups is 1. The molecule has 8 heterocycles. The topological polar surface area (TPSA) is 146 Å². The molecule has 0 bridgehead atoms. The molecule has 69 heavy (non-hydrogen) atoms. The highest BCUT2D eigenvalue weighted by Crippen LogP contribution is 2.53. The number of likely N-dealkylation sites (tertiary alicyclic amines) is 2. The number of pyridine rings is 2. The Bertz CT molecular complexity index is 2810. The highest BCUT2D eigenvalue weighted by molar-refractivity contribution is 6.02. The van der Waals surface area contributed by atoms with Gasteiger partial charge in [0.1, 0.15) is 28.6 Å². The number of nitrogens with one attached hydrogen (secondary N) is 1. The number of rotatable bonds is 11. The number of aromatic hydroxyl groups is 1. The maximum absolute atomic E-state index is 17.2. The minimum Gasteiger partial charge on any atom is -0.508 e. The quantitative estimate of drug-likeness (QED) is 0.123. The molecule has 2 atom stereocenters. The molecule has 15 heteroatoms. The van der Waals surface area contributed by atoms with Crippen LogP contribution in [0.3, 0.4) is 0 Å². The molecule has 0 radical (unpaired) electrons. The normalized spacial score (nSPS) is 25.3. The molecule has 2 spiro atoms. The molecule has 2 saturated carbocycles. The number of hydrogen-bond donors (Lipinski definition) is 2. The molecule has 7 aliphatic rings. The molecular formula is C54H62F2N8O5. The molecule has 2 N–H and O–H groups in total. The van der Waals surface area contributed by atoms with Crippen LogP contribution in [0, 0.1) is 22.5 Å². The van der Waals surface area contributed by atoms with E-state index in [0.717, 1.165) is 102 Å². The maximum atomic E-state index is 17.2. The minimum absolute atomic E-state index is 0.00634. The third-order valence-corrected chi connectivity index (χ3v) is 17.4. The molecule has 12 rings (SSSR count). The van der Waals surface area contributed by atoms with Gasteiger partial charge in [-0.2, -0.15) is 9.97 Å². The summed E-state index contributed by atoms with van der Waals surface area (Å²) in [5.41, 5.74) is 3.02. The summed E-state index contributed by atoms with van der Waals surface area (Å²) in [6.07, 6.45) is 16.9. The first kappa shape index (κ1) is 44.8. The molecule has 362 valence electrons. The van der Waals surface area contributed by atoms with Crippen LogP contribution in [-0.4, -0.2) is 117 Å². The number of anilines is 1. The number of halogens is 2. The number of carbonyl (C=O) groups excluding carboxylic acids is 2. The first-order valence-electron chi connectivity index (χ1n) is 25.6. The lowest BCUT2D eigenvalue weighted by Gasteiger charge is -2.56. The largest absolute Gasteiger partial charge is 0.508 e. The van der Waals surface area contributed by atoms with Crippen molar-refractivity contribution in [1.29, 1.82) is 0 Å². The maximum Gasteiger partial charge on any atom is 0.319 e. The number of phenolic OH excluding ortho intramolecular Hbond substituents is 1. The summed E-state index contributed by atoms with van der Waals surface area (Å²) in [6.45, 7) is 9.72. The molecular weight excluding hydrogens is 879 g/mol. The molecule has 5 aliphatic heterocycles. The van der Waals surface area contributed by atoms with E-state index in [1.807, 2.05) is 19.2 Å². The third kappa shape index (κ3) is 8.39. The van der Waals surface area contributed by atoms with Gasteiger partial charge in [0.25, 0.3) is 0 Å². The van der Waals surface area contributed by atoms with E-state index in [0.29, 0.717) is 82.9 Å². The number of amides is 2. The summed E-state index contributed by atoms with van der Waals surface area (Å²) < 4.78 is 45.1. The van der Waals surface area contributed by atoms with Gasteiger partial charge in [-0.05, 0) is 155 Å². The highest BCUT2D eigenvalue weighted by Gasteiger charge is 2.51. The van der Waals surface area contributed by atoms with E-state index in [4.69, 9.17) is 24.4 Å². The fourth-order valence-corrected chi connectivity index (χ4v) is 13.0. The first-order valence-corrected chi connectivity index (χ1v) is 25.6. The number of benzene rings is 2. The predicted molar refractivity (Wildman–Crippen MR) is 257 cm³/mol. The zero-order chi connectivity index (χ0) is 47.1. The van der Waals surface area contributed by atoms with Crippen LogP contribution in [0.1, 0.15) is 119 Å². The number of phenols is 1. The van der Waals surface area contributed by atoms with E-state index in [9.17, 15) is 14.7 Å². The van der Waals surface area contributed by atoms with Crippen molar-refractivity contribution in [2.24, 2.45) is 10.8 Å². The Kier molecular flexibility index (Phi) is 11.4. The Morgan fingerprint density at radius 1 is 0.913 bits per heavy atom. The van der Waals surface area contributed by atoms with Gasteiger partial charge in [0.05, 0.1) is 30.1 Å². The fourth-order valence-electron chi connectivity index (χ4n) is 13.0. The number of aryl methyl sites for hydroxylation is 1. The van der Waals surface area contributed by atoms with Crippen LogP contribution in [0.25, 0.3) is 32.9 Å². The predicted octanol–water partition coefficient (Wildman–Crippen LogP) is 8.35. The number of ether oxygens (including phenoxy) is 2. The summed E-state index contributed by atoms with van der Waals surface area (Å²) in [7, 11) is 0. The van der Waals surface area contributed by atoms with E-state index in [1.165, 1.54) is 37.8 Å². The van der Waals surface area contributed by atoms with Crippen molar-refractivity contribution in [1.82, 2.24) is 35.1 Å². The molecule has 2 aromatic carbocycles.